The van der Waals surface area contributed by atoms with Crippen LogP contribution in [0.4, 0.5) is 21.3 Å². The highest BCUT2D eigenvalue weighted by Gasteiger charge is 2.14. The van der Waals surface area contributed by atoms with Crippen LogP contribution in [0.1, 0.15) is 11.4 Å². The van der Waals surface area contributed by atoms with Crippen molar-refractivity contribution >= 4 is 33.9 Å². The van der Waals surface area contributed by atoms with Crippen molar-refractivity contribution in [3.63, 3.8) is 0 Å². The van der Waals surface area contributed by atoms with Gasteiger partial charge in [-0.1, -0.05) is 0 Å². The maximum atomic E-state index is 12.1. The highest BCUT2D eigenvalue weighted by atomic mass is 32.1. The number of anilines is 3. The molecule has 0 aromatic carbocycles. The number of aryl methyl sites for hydroxylation is 1. The molecular formula is C15H14N6O3S. The molecule has 10 heteroatoms. The van der Waals surface area contributed by atoms with Crippen molar-refractivity contribution in [3.8, 4) is 5.88 Å². The van der Waals surface area contributed by atoms with Gasteiger partial charge in [-0.05, 0) is 19.1 Å². The molecule has 128 valence electrons. The van der Waals surface area contributed by atoms with Crippen molar-refractivity contribution in [2.24, 2.45) is 0 Å². The van der Waals surface area contributed by atoms with Gasteiger partial charge in [0, 0.05) is 5.38 Å². The minimum Gasteiger partial charge on any atom is -0.390 e. The van der Waals surface area contributed by atoms with Gasteiger partial charge >= 0.3 is 6.09 Å². The molecule has 0 saturated carbocycles. The second-order valence-electron chi connectivity index (χ2n) is 4.87. The Labute approximate surface area is 146 Å². The number of nitrogens with zero attached hydrogens (tertiary/aromatic N) is 4. The molecule has 3 aromatic heterocycles. The van der Waals surface area contributed by atoms with Crippen LogP contribution in [0.2, 0.25) is 0 Å². The van der Waals surface area contributed by atoms with E-state index in [2.05, 4.69) is 30.6 Å². The highest BCUT2D eigenvalue weighted by molar-refractivity contribution is 7.13. The smallest absolute Gasteiger partial charge is 0.390 e. The summed E-state index contributed by atoms with van der Waals surface area (Å²) in [7, 11) is 0. The number of aromatic nitrogens is 4. The van der Waals surface area contributed by atoms with E-state index in [0.29, 0.717) is 22.2 Å². The van der Waals surface area contributed by atoms with Gasteiger partial charge in [0.15, 0.2) is 5.13 Å². The lowest BCUT2D eigenvalue weighted by Gasteiger charge is -2.12. The molecule has 9 nitrogen and oxygen atoms in total. The largest absolute Gasteiger partial charge is 0.420 e. The van der Waals surface area contributed by atoms with Gasteiger partial charge in [0.1, 0.15) is 12.0 Å². The Bertz CT molecular complexity index is 871. The predicted molar refractivity (Wildman–Crippen MR) is 92.0 cm³/mol. The van der Waals surface area contributed by atoms with Crippen LogP contribution in [-0.2, 0) is 6.61 Å². The minimum atomic E-state index is -0.732. The molecule has 0 saturated heterocycles. The van der Waals surface area contributed by atoms with E-state index in [-0.39, 0.29) is 12.5 Å². The van der Waals surface area contributed by atoms with E-state index in [9.17, 15) is 9.90 Å². The quantitative estimate of drug-likeness (QED) is 0.636. The summed E-state index contributed by atoms with van der Waals surface area (Å²) in [6, 6.07) is 3.25. The second kappa shape index (κ2) is 7.64. The van der Waals surface area contributed by atoms with Gasteiger partial charge in [-0.25, -0.2) is 24.7 Å². The molecule has 0 aliphatic rings. The molecule has 0 atom stereocenters. The number of aliphatic hydroxyl groups excluding tert-OH is 1. The van der Waals surface area contributed by atoms with Crippen LogP contribution >= 0.6 is 11.3 Å². The SMILES string of the molecule is Cc1csc(NC(=O)Oc2nc(CO)ccc2Nc2cncnc2)n1. The number of nitrogens with one attached hydrogen (secondary N) is 2. The maximum absolute atomic E-state index is 12.1. The summed E-state index contributed by atoms with van der Waals surface area (Å²) in [5.41, 5.74) is 2.19. The average Bonchev–Trinajstić information content (AvgIpc) is 3.02. The summed E-state index contributed by atoms with van der Waals surface area (Å²) in [6.45, 7) is 1.54. The average molecular weight is 358 g/mol. The molecule has 3 N–H and O–H groups in total. The Morgan fingerprint density at radius 1 is 1.28 bits per heavy atom. The maximum Gasteiger partial charge on any atom is 0.420 e. The third kappa shape index (κ3) is 4.46. The molecule has 0 spiro atoms. The number of hydrogen-bond acceptors (Lipinski definition) is 9. The number of thiazole rings is 1. The fourth-order valence-corrected chi connectivity index (χ4v) is 2.54. The van der Waals surface area contributed by atoms with Gasteiger partial charge in [-0.2, -0.15) is 0 Å². The Morgan fingerprint density at radius 3 is 2.76 bits per heavy atom. The first-order valence-electron chi connectivity index (χ1n) is 7.18. The lowest BCUT2D eigenvalue weighted by molar-refractivity contribution is 0.213. The first-order chi connectivity index (χ1) is 12.1. The normalized spacial score (nSPS) is 10.3. The summed E-state index contributed by atoms with van der Waals surface area (Å²) in [4.78, 5) is 28.1. The molecule has 0 aliphatic carbocycles. The minimum absolute atomic E-state index is 0.0150. The van der Waals surface area contributed by atoms with E-state index >= 15 is 0 Å². The summed E-state index contributed by atoms with van der Waals surface area (Å²) >= 11 is 1.29. The zero-order valence-corrected chi connectivity index (χ0v) is 13.9. The molecular weight excluding hydrogens is 344 g/mol. The van der Waals surface area contributed by atoms with E-state index in [1.807, 2.05) is 12.3 Å². The van der Waals surface area contributed by atoms with Gasteiger partial charge in [-0.3, -0.25) is 5.32 Å². The van der Waals surface area contributed by atoms with Crippen molar-refractivity contribution in [2.45, 2.75) is 13.5 Å². The summed E-state index contributed by atoms with van der Waals surface area (Å²) in [5.74, 6) is 0.0150. The molecule has 25 heavy (non-hydrogen) atoms. The first-order valence-corrected chi connectivity index (χ1v) is 8.06. The van der Waals surface area contributed by atoms with E-state index in [0.717, 1.165) is 5.69 Å². The second-order valence-corrected chi connectivity index (χ2v) is 5.73. The Balaban J connectivity index is 1.79. The van der Waals surface area contributed by atoms with Gasteiger partial charge < -0.3 is 15.2 Å². The standard InChI is InChI=1S/C15H14N6O3S/c1-9-7-25-14(18-9)21-15(23)24-13-12(3-2-10(6-22)20-13)19-11-4-16-8-17-5-11/h2-5,7-8,19,22H,6H2,1H3,(H,18,21,23). The molecule has 3 rings (SSSR count). The molecule has 0 bridgehead atoms. The first kappa shape index (κ1) is 16.7. The zero-order chi connectivity index (χ0) is 17.6. The predicted octanol–water partition coefficient (Wildman–Crippen LogP) is 2.48. The molecule has 0 fully saturated rings. The number of rotatable bonds is 5. The number of carbonyl (C=O) groups excluding carboxylic acids is 1. The molecule has 1 amide bonds. The van der Waals surface area contributed by atoms with Crippen LogP contribution in [0.25, 0.3) is 0 Å². The molecule has 0 aliphatic heterocycles. The van der Waals surface area contributed by atoms with Crippen LogP contribution in [-0.4, -0.2) is 31.1 Å². The van der Waals surface area contributed by atoms with Crippen LogP contribution in [0.5, 0.6) is 5.88 Å². The summed E-state index contributed by atoms with van der Waals surface area (Å²) in [5, 5.41) is 17.0. The van der Waals surface area contributed by atoms with Gasteiger partial charge in [-0.15, -0.1) is 11.3 Å². The Kier molecular flexibility index (Phi) is 5.11. The number of amides is 1. The Morgan fingerprint density at radius 2 is 2.08 bits per heavy atom. The van der Waals surface area contributed by atoms with Crippen molar-refractivity contribution in [1.82, 2.24) is 19.9 Å². The van der Waals surface area contributed by atoms with E-state index in [1.54, 1.807) is 24.5 Å². The molecule has 0 radical (unpaired) electrons. The lowest BCUT2D eigenvalue weighted by atomic mass is 10.3. The third-order valence-corrected chi connectivity index (χ3v) is 3.81. The van der Waals surface area contributed by atoms with Gasteiger partial charge in [0.25, 0.3) is 0 Å². The van der Waals surface area contributed by atoms with E-state index in [4.69, 9.17) is 4.74 Å². The molecule has 3 heterocycles. The summed E-state index contributed by atoms with van der Waals surface area (Å²) < 4.78 is 5.26. The van der Waals surface area contributed by atoms with Crippen LogP contribution < -0.4 is 15.4 Å². The lowest BCUT2D eigenvalue weighted by Crippen LogP contribution is -2.18. The monoisotopic (exact) mass is 358 g/mol. The van der Waals surface area contributed by atoms with E-state index < -0.39 is 6.09 Å². The number of carbonyl (C=O) groups is 1. The highest BCUT2D eigenvalue weighted by Crippen LogP contribution is 2.26. The number of aliphatic hydroxyl groups is 1. The van der Waals surface area contributed by atoms with E-state index in [1.165, 1.54) is 17.7 Å². The van der Waals surface area contributed by atoms with Gasteiger partial charge in [0.05, 0.1) is 36.1 Å². The number of pyridine rings is 1. The van der Waals surface area contributed by atoms with Crippen LogP contribution in [0.15, 0.2) is 36.2 Å². The van der Waals surface area contributed by atoms with Crippen LogP contribution in [0.3, 0.4) is 0 Å². The number of hydrogen-bond donors (Lipinski definition) is 3. The summed E-state index contributed by atoms with van der Waals surface area (Å²) in [6.07, 6.45) is 3.80. The zero-order valence-electron chi connectivity index (χ0n) is 13.1. The van der Waals surface area contributed by atoms with Crippen molar-refractivity contribution in [1.29, 1.82) is 0 Å². The fraction of sp³-hybridized carbons (Fsp3) is 0.133. The number of ether oxygens (including phenoxy) is 1. The topological polar surface area (TPSA) is 122 Å². The molecule has 0 unspecified atom stereocenters. The van der Waals surface area contributed by atoms with Crippen molar-refractivity contribution < 1.29 is 14.6 Å². The van der Waals surface area contributed by atoms with Crippen molar-refractivity contribution in [3.05, 3.63) is 47.6 Å². The molecule has 3 aromatic rings. The van der Waals surface area contributed by atoms with Gasteiger partial charge in [0.2, 0.25) is 5.88 Å². The fourth-order valence-electron chi connectivity index (χ4n) is 1.87. The van der Waals surface area contributed by atoms with Crippen molar-refractivity contribution in [2.75, 3.05) is 10.6 Å². The Hall–Kier alpha value is -3.11. The van der Waals surface area contributed by atoms with Crippen LogP contribution in [0, 0.1) is 6.92 Å². The third-order valence-electron chi connectivity index (χ3n) is 2.94.